The second-order valence-corrected chi connectivity index (χ2v) is 7.10. The number of imide groups is 1. The summed E-state index contributed by atoms with van der Waals surface area (Å²) < 4.78 is 18.4. The second-order valence-electron chi connectivity index (χ2n) is 7.10. The van der Waals surface area contributed by atoms with Crippen molar-refractivity contribution in [3.63, 3.8) is 0 Å². The van der Waals surface area contributed by atoms with Gasteiger partial charge < -0.3 is 10.1 Å². The van der Waals surface area contributed by atoms with Gasteiger partial charge in [-0.25, -0.2) is 9.18 Å². The van der Waals surface area contributed by atoms with Crippen molar-refractivity contribution in [1.82, 2.24) is 21.1 Å². The first-order chi connectivity index (χ1) is 13.9. The van der Waals surface area contributed by atoms with E-state index in [0.717, 1.165) is 17.7 Å². The SMILES string of the molecule is O=C(CCCN1C(=O)NC2(CCCC2)C1=O)NNC(=O)COc1ccccc1F. The number of carbonyl (C=O) groups excluding carboxylic acids is 4. The van der Waals surface area contributed by atoms with Gasteiger partial charge in [0, 0.05) is 13.0 Å². The molecule has 156 valence electrons. The highest BCUT2D eigenvalue weighted by Gasteiger charge is 2.51. The number of nitrogens with zero attached hydrogens (tertiary/aromatic N) is 1. The third-order valence-corrected chi connectivity index (χ3v) is 5.03. The lowest BCUT2D eigenvalue weighted by molar-refractivity contribution is -0.131. The van der Waals surface area contributed by atoms with E-state index in [1.54, 1.807) is 6.07 Å². The summed E-state index contributed by atoms with van der Waals surface area (Å²) in [6, 6.07) is 5.23. The van der Waals surface area contributed by atoms with Crippen molar-refractivity contribution in [2.24, 2.45) is 0 Å². The fourth-order valence-corrected chi connectivity index (χ4v) is 3.54. The molecule has 29 heavy (non-hydrogen) atoms. The topological polar surface area (TPSA) is 117 Å². The number of carbonyl (C=O) groups is 4. The molecule has 1 aromatic rings. The van der Waals surface area contributed by atoms with E-state index < -0.39 is 35.8 Å². The van der Waals surface area contributed by atoms with Crippen LogP contribution in [0.4, 0.5) is 9.18 Å². The molecule has 5 amide bonds. The molecule has 2 aliphatic rings. The van der Waals surface area contributed by atoms with E-state index in [1.165, 1.54) is 18.2 Å². The number of amides is 5. The molecule has 10 heteroatoms. The van der Waals surface area contributed by atoms with E-state index in [9.17, 15) is 23.6 Å². The van der Waals surface area contributed by atoms with Crippen molar-refractivity contribution >= 4 is 23.8 Å². The molecule has 1 aromatic carbocycles. The summed E-state index contributed by atoms with van der Waals surface area (Å²) in [6.45, 7) is -0.337. The lowest BCUT2D eigenvalue weighted by Gasteiger charge is -2.19. The number of para-hydroxylation sites is 1. The van der Waals surface area contributed by atoms with Crippen molar-refractivity contribution in [3.8, 4) is 5.75 Å². The van der Waals surface area contributed by atoms with Crippen molar-refractivity contribution in [1.29, 1.82) is 0 Å². The Hall–Kier alpha value is -3.17. The van der Waals surface area contributed by atoms with Gasteiger partial charge in [-0.05, 0) is 31.4 Å². The summed E-state index contributed by atoms with van der Waals surface area (Å²) >= 11 is 0. The van der Waals surface area contributed by atoms with Crippen LogP contribution in [0.1, 0.15) is 38.5 Å². The molecule has 0 radical (unpaired) electrons. The average Bonchev–Trinajstić information content (AvgIpc) is 3.26. The molecule has 1 aliphatic carbocycles. The zero-order valence-corrected chi connectivity index (χ0v) is 15.8. The predicted molar refractivity (Wildman–Crippen MR) is 98.9 cm³/mol. The first-order valence-electron chi connectivity index (χ1n) is 9.50. The summed E-state index contributed by atoms with van der Waals surface area (Å²) in [7, 11) is 0. The number of rotatable bonds is 7. The molecule has 1 aliphatic heterocycles. The number of ether oxygens (including phenoxy) is 1. The standard InChI is InChI=1S/C19H23FN4O5/c20-13-6-1-2-7-14(13)29-12-16(26)23-22-15(25)8-5-11-24-17(27)19(21-18(24)28)9-3-4-10-19/h1-2,6-7H,3-5,8-12H2,(H,21,28)(H,22,25)(H,23,26). The Kier molecular flexibility index (Phi) is 6.30. The number of benzene rings is 1. The number of nitrogens with one attached hydrogen (secondary N) is 3. The quantitative estimate of drug-likeness (QED) is 0.461. The van der Waals surface area contributed by atoms with Gasteiger partial charge >= 0.3 is 6.03 Å². The zero-order valence-electron chi connectivity index (χ0n) is 15.8. The Balaban J connectivity index is 1.34. The zero-order chi connectivity index (χ0) is 20.9. The van der Waals surface area contributed by atoms with Gasteiger partial charge in [-0.1, -0.05) is 25.0 Å². The van der Waals surface area contributed by atoms with Crippen LogP contribution in [0.25, 0.3) is 0 Å². The predicted octanol–water partition coefficient (Wildman–Crippen LogP) is 0.997. The smallest absolute Gasteiger partial charge is 0.325 e. The number of urea groups is 1. The summed E-state index contributed by atoms with van der Waals surface area (Å²) in [5, 5.41) is 2.78. The van der Waals surface area contributed by atoms with Crippen LogP contribution < -0.4 is 20.9 Å². The van der Waals surface area contributed by atoms with Gasteiger partial charge in [0.2, 0.25) is 5.91 Å². The molecule has 0 aromatic heterocycles. The van der Waals surface area contributed by atoms with Crippen LogP contribution in [0.5, 0.6) is 5.75 Å². The maximum absolute atomic E-state index is 13.4. The van der Waals surface area contributed by atoms with Crippen LogP contribution in [-0.2, 0) is 14.4 Å². The Morgan fingerprint density at radius 2 is 1.83 bits per heavy atom. The number of hydrogen-bond acceptors (Lipinski definition) is 5. The molecule has 1 heterocycles. The van der Waals surface area contributed by atoms with E-state index in [1.807, 2.05) is 0 Å². The molecule has 2 fully saturated rings. The van der Waals surface area contributed by atoms with Crippen molar-refractivity contribution in [2.75, 3.05) is 13.2 Å². The number of hydrogen-bond donors (Lipinski definition) is 3. The molecule has 0 unspecified atom stereocenters. The van der Waals surface area contributed by atoms with Gasteiger partial charge in [-0.15, -0.1) is 0 Å². The number of halogens is 1. The van der Waals surface area contributed by atoms with Crippen LogP contribution in [0.15, 0.2) is 24.3 Å². The number of hydrazine groups is 1. The summed E-state index contributed by atoms with van der Waals surface area (Å²) in [6.07, 6.45) is 3.39. The van der Waals surface area contributed by atoms with Crippen molar-refractivity contribution in [3.05, 3.63) is 30.1 Å². The van der Waals surface area contributed by atoms with E-state index in [-0.39, 0.29) is 31.0 Å². The van der Waals surface area contributed by atoms with E-state index in [2.05, 4.69) is 16.2 Å². The van der Waals surface area contributed by atoms with Crippen LogP contribution in [0, 0.1) is 5.82 Å². The first kappa shape index (κ1) is 20.6. The lowest BCUT2D eigenvalue weighted by Crippen LogP contribution is -2.44. The van der Waals surface area contributed by atoms with Gasteiger partial charge in [-0.2, -0.15) is 0 Å². The molecular weight excluding hydrogens is 383 g/mol. The van der Waals surface area contributed by atoms with Crippen LogP contribution in [-0.4, -0.2) is 47.3 Å². The Morgan fingerprint density at radius 1 is 1.14 bits per heavy atom. The molecule has 1 saturated heterocycles. The summed E-state index contributed by atoms with van der Waals surface area (Å²) in [4.78, 5) is 49.2. The Labute approximate surface area is 166 Å². The van der Waals surface area contributed by atoms with Gasteiger partial charge in [0.15, 0.2) is 18.2 Å². The van der Waals surface area contributed by atoms with Crippen molar-refractivity contribution < 1.29 is 28.3 Å². The maximum Gasteiger partial charge on any atom is 0.325 e. The highest BCUT2D eigenvalue weighted by Crippen LogP contribution is 2.35. The fraction of sp³-hybridized carbons (Fsp3) is 0.474. The third-order valence-electron chi connectivity index (χ3n) is 5.03. The normalized spacial score (nSPS) is 17.3. The lowest BCUT2D eigenvalue weighted by atomic mass is 9.98. The molecule has 3 rings (SSSR count). The third kappa shape index (κ3) is 4.82. The van der Waals surface area contributed by atoms with Gasteiger partial charge in [0.1, 0.15) is 5.54 Å². The molecule has 1 saturated carbocycles. The minimum Gasteiger partial charge on any atom is -0.481 e. The molecule has 1 spiro atoms. The minimum atomic E-state index is -0.758. The summed E-state index contributed by atoms with van der Waals surface area (Å²) in [5.74, 6) is -2.02. The van der Waals surface area contributed by atoms with Crippen LogP contribution in [0.2, 0.25) is 0 Å². The second kappa shape index (κ2) is 8.89. The monoisotopic (exact) mass is 406 g/mol. The fourth-order valence-electron chi connectivity index (χ4n) is 3.54. The Morgan fingerprint density at radius 3 is 2.55 bits per heavy atom. The largest absolute Gasteiger partial charge is 0.481 e. The molecule has 3 N–H and O–H groups in total. The summed E-state index contributed by atoms with van der Waals surface area (Å²) in [5.41, 5.74) is 3.62. The van der Waals surface area contributed by atoms with E-state index in [4.69, 9.17) is 4.74 Å². The highest BCUT2D eigenvalue weighted by molar-refractivity contribution is 6.07. The van der Waals surface area contributed by atoms with Gasteiger partial charge in [0.05, 0.1) is 0 Å². The molecular formula is C19H23FN4O5. The van der Waals surface area contributed by atoms with Crippen LogP contribution in [0.3, 0.4) is 0 Å². The van der Waals surface area contributed by atoms with Gasteiger partial charge in [-0.3, -0.25) is 30.1 Å². The van der Waals surface area contributed by atoms with E-state index >= 15 is 0 Å². The molecule has 9 nitrogen and oxygen atoms in total. The minimum absolute atomic E-state index is 0.0124. The van der Waals surface area contributed by atoms with Gasteiger partial charge in [0.25, 0.3) is 11.8 Å². The molecule has 0 atom stereocenters. The molecule has 0 bridgehead atoms. The average molecular weight is 406 g/mol. The first-order valence-corrected chi connectivity index (χ1v) is 9.50. The van der Waals surface area contributed by atoms with E-state index in [0.29, 0.717) is 12.8 Å². The Bertz CT molecular complexity index is 810. The highest BCUT2D eigenvalue weighted by atomic mass is 19.1. The van der Waals surface area contributed by atoms with Crippen LogP contribution >= 0.6 is 0 Å². The van der Waals surface area contributed by atoms with Crippen molar-refractivity contribution in [2.45, 2.75) is 44.1 Å². The maximum atomic E-state index is 13.4.